The quantitative estimate of drug-likeness (QED) is 0.245. The van der Waals surface area contributed by atoms with Gasteiger partial charge >= 0.3 is 0 Å². The minimum atomic E-state index is -0.675. The Labute approximate surface area is 199 Å². The molecule has 1 saturated heterocycles. The van der Waals surface area contributed by atoms with E-state index in [1.165, 1.54) is 0 Å². The maximum absolute atomic E-state index is 10.8. The zero-order valence-electron chi connectivity index (χ0n) is 19.2. The van der Waals surface area contributed by atoms with Crippen LogP contribution in [0.1, 0.15) is 52.0 Å². The molecule has 1 aromatic heterocycles. The van der Waals surface area contributed by atoms with Gasteiger partial charge in [-0.1, -0.05) is 32.8 Å². The Bertz CT molecular complexity index is 611. The van der Waals surface area contributed by atoms with Crippen molar-refractivity contribution in [1.29, 1.82) is 0 Å². The van der Waals surface area contributed by atoms with E-state index in [9.17, 15) is 5.11 Å². The molecule has 0 atom stereocenters. The summed E-state index contributed by atoms with van der Waals surface area (Å²) < 4.78 is 0. The van der Waals surface area contributed by atoms with Gasteiger partial charge in [0.25, 0.3) is 0 Å². The fourth-order valence-corrected chi connectivity index (χ4v) is 3.73. The van der Waals surface area contributed by atoms with Crippen molar-refractivity contribution in [3.05, 3.63) is 23.9 Å². The topological polar surface area (TPSA) is 76.0 Å². The van der Waals surface area contributed by atoms with Crippen molar-refractivity contribution >= 4 is 35.8 Å². The van der Waals surface area contributed by atoms with Crippen LogP contribution in [-0.4, -0.2) is 72.9 Å². The first-order valence-electron chi connectivity index (χ1n) is 11.1. The number of piperazine rings is 1. The molecule has 0 radical (unpaired) electrons. The van der Waals surface area contributed by atoms with E-state index < -0.39 is 5.60 Å². The summed E-state index contributed by atoms with van der Waals surface area (Å²) in [5.41, 5.74) is 0.406. The number of hydrogen-bond donors (Lipinski definition) is 3. The number of anilines is 1. The number of pyridine rings is 1. The Morgan fingerprint density at radius 2 is 1.77 bits per heavy atom. The van der Waals surface area contributed by atoms with Crippen LogP contribution in [0, 0.1) is 0 Å². The summed E-state index contributed by atoms with van der Waals surface area (Å²) in [6.07, 6.45) is 5.45. The molecule has 1 aliphatic rings. The monoisotopic (exact) mass is 532 g/mol. The van der Waals surface area contributed by atoms with Crippen molar-refractivity contribution < 1.29 is 5.11 Å². The number of rotatable bonds is 10. The Hall–Kier alpha value is -1.13. The van der Waals surface area contributed by atoms with E-state index in [1.807, 2.05) is 13.1 Å². The number of aliphatic hydroxyl groups is 1. The normalized spacial score (nSPS) is 15.6. The molecule has 0 bridgehead atoms. The van der Waals surface area contributed by atoms with Crippen LogP contribution < -0.4 is 15.5 Å². The molecule has 1 aliphatic heterocycles. The molecule has 3 N–H and O–H groups in total. The molecule has 0 aromatic carbocycles. The minimum Gasteiger partial charge on any atom is -0.388 e. The van der Waals surface area contributed by atoms with Gasteiger partial charge in [-0.25, -0.2) is 9.98 Å². The van der Waals surface area contributed by atoms with Gasteiger partial charge in [0.1, 0.15) is 5.82 Å². The lowest BCUT2D eigenvalue weighted by molar-refractivity contribution is 0.0257. The number of nitrogens with zero attached hydrogens (tertiary/aromatic N) is 4. The third-order valence-electron chi connectivity index (χ3n) is 5.42. The first-order chi connectivity index (χ1) is 14.0. The van der Waals surface area contributed by atoms with Gasteiger partial charge in [-0.2, -0.15) is 0 Å². The first-order valence-corrected chi connectivity index (χ1v) is 11.1. The third-order valence-corrected chi connectivity index (χ3v) is 5.42. The van der Waals surface area contributed by atoms with Crippen LogP contribution in [-0.2, 0) is 6.54 Å². The molecule has 0 aliphatic carbocycles. The predicted molar refractivity (Wildman–Crippen MR) is 137 cm³/mol. The molecule has 1 fully saturated rings. The van der Waals surface area contributed by atoms with E-state index >= 15 is 0 Å². The molecule has 0 amide bonds. The third kappa shape index (κ3) is 8.93. The number of hydrogen-bond acceptors (Lipinski definition) is 5. The maximum Gasteiger partial charge on any atom is 0.191 e. The predicted octanol–water partition coefficient (Wildman–Crippen LogP) is 2.84. The number of aliphatic imine (C=N–C) groups is 1. The highest BCUT2D eigenvalue weighted by Crippen LogP contribution is 2.18. The van der Waals surface area contributed by atoms with E-state index in [4.69, 9.17) is 0 Å². The highest BCUT2D eigenvalue weighted by atomic mass is 127. The van der Waals surface area contributed by atoms with Crippen LogP contribution in [0.3, 0.4) is 0 Å². The lowest BCUT2D eigenvalue weighted by Gasteiger charge is -2.33. The van der Waals surface area contributed by atoms with E-state index in [1.54, 1.807) is 0 Å². The lowest BCUT2D eigenvalue weighted by atomic mass is 9.93. The highest BCUT2D eigenvalue weighted by molar-refractivity contribution is 14.0. The number of likely N-dealkylation sites (N-methyl/N-ethyl adjacent to an activating group) is 1. The van der Waals surface area contributed by atoms with Crippen molar-refractivity contribution in [2.24, 2.45) is 4.99 Å². The van der Waals surface area contributed by atoms with Crippen molar-refractivity contribution in [2.45, 2.75) is 58.6 Å². The molecular formula is C22H41IN6O. The summed E-state index contributed by atoms with van der Waals surface area (Å²) in [6.45, 7) is 12.3. The zero-order valence-corrected chi connectivity index (χ0v) is 21.5. The summed E-state index contributed by atoms with van der Waals surface area (Å²) in [5.74, 6) is 1.78. The fourth-order valence-electron chi connectivity index (χ4n) is 3.73. The molecule has 30 heavy (non-hydrogen) atoms. The molecule has 0 spiro atoms. The fraction of sp³-hybridized carbons (Fsp3) is 0.727. The van der Waals surface area contributed by atoms with Crippen LogP contribution in [0.2, 0.25) is 0 Å². The van der Waals surface area contributed by atoms with Crippen LogP contribution in [0.5, 0.6) is 0 Å². The molecule has 2 rings (SSSR count). The van der Waals surface area contributed by atoms with E-state index in [-0.39, 0.29) is 24.0 Å². The summed E-state index contributed by atoms with van der Waals surface area (Å²) >= 11 is 0. The summed E-state index contributed by atoms with van der Waals surface area (Å²) in [6, 6.07) is 4.20. The Kier molecular flexibility index (Phi) is 12.6. The smallest absolute Gasteiger partial charge is 0.191 e. The van der Waals surface area contributed by atoms with Gasteiger partial charge < -0.3 is 25.5 Å². The second-order valence-corrected chi connectivity index (χ2v) is 8.09. The summed E-state index contributed by atoms with van der Waals surface area (Å²) in [5, 5.41) is 17.4. The van der Waals surface area contributed by atoms with Crippen LogP contribution in [0.25, 0.3) is 0 Å². The largest absolute Gasteiger partial charge is 0.388 e. The zero-order chi connectivity index (χ0) is 21.1. The van der Waals surface area contributed by atoms with Gasteiger partial charge in [-0.3, -0.25) is 0 Å². The number of guanidine groups is 1. The molecule has 0 unspecified atom stereocenters. The average Bonchev–Trinajstić information content (AvgIpc) is 2.71. The molecule has 7 nitrogen and oxygen atoms in total. The SMILES string of the molecule is CCCC(O)(CCC)CNC(=NCc1ccc(N2CCN(C)CC2)nc1)NCC.I. The van der Waals surface area contributed by atoms with Gasteiger partial charge in [0.05, 0.1) is 12.1 Å². The van der Waals surface area contributed by atoms with E-state index in [0.717, 1.165) is 75.7 Å². The van der Waals surface area contributed by atoms with Crippen molar-refractivity contribution in [2.75, 3.05) is 51.2 Å². The number of aromatic nitrogens is 1. The number of nitrogens with one attached hydrogen (secondary N) is 2. The molecular weight excluding hydrogens is 491 g/mol. The van der Waals surface area contributed by atoms with Crippen LogP contribution in [0.4, 0.5) is 5.82 Å². The molecule has 0 saturated carbocycles. The van der Waals surface area contributed by atoms with E-state index in [0.29, 0.717) is 13.1 Å². The van der Waals surface area contributed by atoms with E-state index in [2.05, 4.69) is 63.4 Å². The van der Waals surface area contributed by atoms with Crippen LogP contribution in [0.15, 0.2) is 23.3 Å². The summed E-state index contributed by atoms with van der Waals surface area (Å²) in [4.78, 5) is 14.0. The summed E-state index contributed by atoms with van der Waals surface area (Å²) in [7, 11) is 2.16. The van der Waals surface area contributed by atoms with Crippen LogP contribution >= 0.6 is 24.0 Å². The highest BCUT2D eigenvalue weighted by Gasteiger charge is 2.24. The maximum atomic E-state index is 10.8. The Morgan fingerprint density at radius 1 is 1.10 bits per heavy atom. The molecule has 8 heteroatoms. The minimum absolute atomic E-state index is 0. The first kappa shape index (κ1) is 26.9. The Balaban J connectivity index is 0.00000450. The van der Waals surface area contributed by atoms with Gasteiger partial charge in [0.2, 0.25) is 0 Å². The van der Waals surface area contributed by atoms with Crippen molar-refractivity contribution in [3.63, 3.8) is 0 Å². The van der Waals surface area contributed by atoms with Gasteiger partial charge in [0.15, 0.2) is 5.96 Å². The second kappa shape index (κ2) is 14.0. The molecule has 1 aromatic rings. The average molecular weight is 533 g/mol. The number of halogens is 1. The molecule has 2 heterocycles. The lowest BCUT2D eigenvalue weighted by Crippen LogP contribution is -2.47. The van der Waals surface area contributed by atoms with Crippen molar-refractivity contribution in [1.82, 2.24) is 20.5 Å². The van der Waals surface area contributed by atoms with Gasteiger partial charge in [-0.05, 0) is 38.4 Å². The van der Waals surface area contributed by atoms with Gasteiger partial charge in [0, 0.05) is 45.5 Å². The Morgan fingerprint density at radius 3 is 2.30 bits per heavy atom. The molecule has 172 valence electrons. The van der Waals surface area contributed by atoms with Gasteiger partial charge in [-0.15, -0.1) is 24.0 Å². The standard InChI is InChI=1S/C22H40N6O.HI/c1-5-10-22(29,11-6-2)18-26-21(23-7-3)25-17-19-8-9-20(24-16-19)28-14-12-27(4)13-15-28;/h8-9,16,29H,5-7,10-15,17-18H2,1-4H3,(H2,23,25,26);1H. The van der Waals surface area contributed by atoms with Crippen molar-refractivity contribution in [3.8, 4) is 0 Å². The second-order valence-electron chi connectivity index (χ2n) is 8.09.